The van der Waals surface area contributed by atoms with Gasteiger partial charge in [-0.05, 0) is 54.1 Å². The molecule has 3 aromatic rings. The molecule has 3 aromatic carbocycles. The number of hydrogen-bond acceptors (Lipinski definition) is 4. The number of nitrogens with one attached hydrogen (secondary N) is 2. The van der Waals surface area contributed by atoms with Crippen LogP contribution < -0.4 is 20.1 Å². The van der Waals surface area contributed by atoms with E-state index >= 15 is 0 Å². The van der Waals surface area contributed by atoms with Crippen molar-refractivity contribution in [2.75, 3.05) is 20.3 Å². The summed E-state index contributed by atoms with van der Waals surface area (Å²) in [6.07, 6.45) is 0.366. The van der Waals surface area contributed by atoms with E-state index in [0.29, 0.717) is 35.9 Å². The Morgan fingerprint density at radius 3 is 2.22 bits per heavy atom. The maximum absolute atomic E-state index is 12.8. The minimum absolute atomic E-state index is 0.283. The molecule has 0 radical (unpaired) electrons. The first-order chi connectivity index (χ1) is 15.5. The topological polar surface area (TPSA) is 76.7 Å². The van der Waals surface area contributed by atoms with E-state index in [1.165, 1.54) is 0 Å². The first-order valence-corrected chi connectivity index (χ1v) is 10.6. The van der Waals surface area contributed by atoms with Crippen LogP contribution in [-0.4, -0.2) is 38.1 Å². The zero-order valence-electron chi connectivity index (χ0n) is 17.7. The van der Waals surface area contributed by atoms with Gasteiger partial charge < -0.3 is 20.1 Å². The number of rotatable bonds is 10. The summed E-state index contributed by atoms with van der Waals surface area (Å²) in [5.74, 6) is 0.796. The third-order valence-corrected chi connectivity index (χ3v) is 4.99. The number of carbonyl (C=O) groups excluding carboxylic acids is 2. The monoisotopic (exact) mass is 452 g/mol. The van der Waals surface area contributed by atoms with Gasteiger partial charge in [-0.15, -0.1) is 0 Å². The largest absolute Gasteiger partial charge is 0.497 e. The first kappa shape index (κ1) is 23.2. The normalized spacial score (nSPS) is 11.3. The third-order valence-electron chi connectivity index (χ3n) is 4.74. The minimum atomic E-state index is -0.735. The van der Waals surface area contributed by atoms with Crippen molar-refractivity contribution in [3.8, 4) is 11.5 Å². The Balaban J connectivity index is 1.57. The molecule has 6 nitrogen and oxygen atoms in total. The highest BCUT2D eigenvalue weighted by Gasteiger charge is 2.21. The molecule has 1 atom stereocenters. The van der Waals surface area contributed by atoms with Crippen molar-refractivity contribution in [2.24, 2.45) is 0 Å². The van der Waals surface area contributed by atoms with Crippen LogP contribution in [0, 0.1) is 0 Å². The van der Waals surface area contributed by atoms with E-state index in [4.69, 9.17) is 21.1 Å². The summed E-state index contributed by atoms with van der Waals surface area (Å²) >= 11 is 5.90. The second-order valence-corrected chi connectivity index (χ2v) is 7.47. The minimum Gasteiger partial charge on any atom is -0.497 e. The van der Waals surface area contributed by atoms with Crippen molar-refractivity contribution in [1.29, 1.82) is 0 Å². The molecule has 0 unspecified atom stereocenters. The Morgan fingerprint density at radius 1 is 0.906 bits per heavy atom. The SMILES string of the molecule is COc1ccc(OCCNC(=O)[C@H](Cc2ccccc2)NC(=O)c2ccc(Cl)cc2)cc1. The molecule has 0 saturated heterocycles. The molecule has 0 aliphatic rings. The molecule has 2 amide bonds. The summed E-state index contributed by atoms with van der Waals surface area (Å²) in [4.78, 5) is 25.5. The average Bonchev–Trinajstić information content (AvgIpc) is 2.82. The molecule has 0 fully saturated rings. The number of ether oxygens (including phenoxy) is 2. The molecule has 0 bridgehead atoms. The Bertz CT molecular complexity index is 1010. The maximum atomic E-state index is 12.8. The quantitative estimate of drug-likeness (QED) is 0.458. The third kappa shape index (κ3) is 7.03. The Kier molecular flexibility index (Phi) is 8.52. The Hall–Kier alpha value is -3.51. The average molecular weight is 453 g/mol. The van der Waals surface area contributed by atoms with Gasteiger partial charge >= 0.3 is 0 Å². The van der Waals surface area contributed by atoms with Crippen LogP contribution in [-0.2, 0) is 11.2 Å². The molecule has 0 heterocycles. The molecule has 0 aliphatic carbocycles. The first-order valence-electron chi connectivity index (χ1n) is 10.2. The van der Waals surface area contributed by atoms with Gasteiger partial charge in [-0.3, -0.25) is 9.59 Å². The van der Waals surface area contributed by atoms with Gasteiger partial charge in [0.25, 0.3) is 5.91 Å². The van der Waals surface area contributed by atoms with Crippen LogP contribution >= 0.6 is 11.6 Å². The fourth-order valence-electron chi connectivity index (χ4n) is 3.04. The summed E-state index contributed by atoms with van der Waals surface area (Å²) in [6, 6.07) is 22.5. The van der Waals surface area contributed by atoms with Crippen LogP contribution in [0.2, 0.25) is 5.02 Å². The van der Waals surface area contributed by atoms with Gasteiger partial charge in [0.15, 0.2) is 0 Å². The van der Waals surface area contributed by atoms with Gasteiger partial charge in [-0.25, -0.2) is 0 Å². The molecule has 0 spiro atoms. The number of halogens is 1. The second kappa shape index (κ2) is 11.8. The Labute approximate surface area is 192 Å². The van der Waals surface area contributed by atoms with Crippen LogP contribution in [0.1, 0.15) is 15.9 Å². The highest BCUT2D eigenvalue weighted by Crippen LogP contribution is 2.16. The zero-order chi connectivity index (χ0) is 22.8. The van der Waals surface area contributed by atoms with Crippen molar-refractivity contribution in [3.05, 3.63) is 95.0 Å². The van der Waals surface area contributed by atoms with Gasteiger partial charge in [0.05, 0.1) is 13.7 Å². The lowest BCUT2D eigenvalue weighted by Gasteiger charge is -2.19. The lowest BCUT2D eigenvalue weighted by atomic mass is 10.0. The summed E-state index contributed by atoms with van der Waals surface area (Å²) in [5, 5.41) is 6.20. The molecule has 2 N–H and O–H groups in total. The van der Waals surface area contributed by atoms with Gasteiger partial charge in [0, 0.05) is 17.0 Å². The maximum Gasteiger partial charge on any atom is 0.251 e. The van der Waals surface area contributed by atoms with E-state index in [9.17, 15) is 9.59 Å². The number of hydrogen-bond donors (Lipinski definition) is 2. The molecule has 0 aliphatic heterocycles. The van der Waals surface area contributed by atoms with Crippen LogP contribution in [0.3, 0.4) is 0 Å². The standard InChI is InChI=1S/C25H25ClN2O4/c1-31-21-11-13-22(14-12-21)32-16-15-27-25(30)23(17-18-5-3-2-4-6-18)28-24(29)19-7-9-20(26)10-8-19/h2-14,23H,15-17H2,1H3,(H,27,30)(H,28,29)/t23-/m0/s1. The van der Waals surface area contributed by atoms with Crippen molar-refractivity contribution >= 4 is 23.4 Å². The predicted octanol–water partition coefficient (Wildman–Crippen LogP) is 3.88. The van der Waals surface area contributed by atoms with E-state index in [1.807, 2.05) is 30.3 Å². The van der Waals surface area contributed by atoms with Crippen molar-refractivity contribution < 1.29 is 19.1 Å². The number of methoxy groups -OCH3 is 1. The smallest absolute Gasteiger partial charge is 0.251 e. The molecule has 32 heavy (non-hydrogen) atoms. The number of benzene rings is 3. The molecule has 166 valence electrons. The fourth-order valence-corrected chi connectivity index (χ4v) is 3.17. The summed E-state index contributed by atoms with van der Waals surface area (Å²) in [5.41, 5.74) is 1.38. The van der Waals surface area contributed by atoms with E-state index < -0.39 is 6.04 Å². The van der Waals surface area contributed by atoms with E-state index in [1.54, 1.807) is 55.6 Å². The fraction of sp³-hybridized carbons (Fsp3) is 0.200. The lowest BCUT2D eigenvalue weighted by molar-refractivity contribution is -0.123. The van der Waals surface area contributed by atoms with Crippen molar-refractivity contribution in [2.45, 2.75) is 12.5 Å². The molecule has 7 heteroatoms. The molecule has 0 aromatic heterocycles. The highest BCUT2D eigenvalue weighted by molar-refractivity contribution is 6.30. The highest BCUT2D eigenvalue weighted by atomic mass is 35.5. The lowest BCUT2D eigenvalue weighted by Crippen LogP contribution is -2.48. The van der Waals surface area contributed by atoms with Crippen molar-refractivity contribution in [3.63, 3.8) is 0 Å². The molecular weight excluding hydrogens is 428 g/mol. The van der Waals surface area contributed by atoms with Crippen LogP contribution in [0.4, 0.5) is 0 Å². The van der Waals surface area contributed by atoms with E-state index in [-0.39, 0.29) is 11.8 Å². The van der Waals surface area contributed by atoms with Crippen LogP contribution in [0.5, 0.6) is 11.5 Å². The van der Waals surface area contributed by atoms with Gasteiger partial charge in [-0.1, -0.05) is 41.9 Å². The summed E-state index contributed by atoms with van der Waals surface area (Å²) in [6.45, 7) is 0.591. The summed E-state index contributed by atoms with van der Waals surface area (Å²) in [7, 11) is 1.60. The van der Waals surface area contributed by atoms with Crippen LogP contribution in [0.25, 0.3) is 0 Å². The molecule has 3 rings (SSSR count). The molecular formula is C25H25ClN2O4. The summed E-state index contributed by atoms with van der Waals surface area (Å²) < 4.78 is 10.8. The van der Waals surface area contributed by atoms with E-state index in [0.717, 1.165) is 11.3 Å². The predicted molar refractivity (Wildman–Crippen MR) is 124 cm³/mol. The van der Waals surface area contributed by atoms with E-state index in [2.05, 4.69) is 10.6 Å². The molecule has 0 saturated carbocycles. The van der Waals surface area contributed by atoms with Crippen LogP contribution in [0.15, 0.2) is 78.9 Å². The number of amides is 2. The zero-order valence-corrected chi connectivity index (χ0v) is 18.5. The second-order valence-electron chi connectivity index (χ2n) is 7.04. The Morgan fingerprint density at radius 2 is 1.56 bits per heavy atom. The van der Waals surface area contributed by atoms with Crippen molar-refractivity contribution in [1.82, 2.24) is 10.6 Å². The number of carbonyl (C=O) groups is 2. The van der Waals surface area contributed by atoms with Gasteiger partial charge in [0.2, 0.25) is 5.91 Å². The van der Waals surface area contributed by atoms with Gasteiger partial charge in [0.1, 0.15) is 24.1 Å². The van der Waals surface area contributed by atoms with Gasteiger partial charge in [-0.2, -0.15) is 0 Å².